The van der Waals surface area contributed by atoms with E-state index in [1.807, 2.05) is 0 Å². The predicted octanol–water partition coefficient (Wildman–Crippen LogP) is 10.1. The van der Waals surface area contributed by atoms with E-state index in [1.54, 1.807) is 12.2 Å². The zero-order chi connectivity index (χ0) is 31.1. The number of fused-ring (bicyclic) bond motifs is 5. The molecule has 0 heterocycles. The van der Waals surface area contributed by atoms with Crippen LogP contribution in [-0.4, -0.2) is 22.6 Å². The third-order valence-electron chi connectivity index (χ3n) is 12.1. The summed E-state index contributed by atoms with van der Waals surface area (Å²) in [4.78, 5) is 25.3. The second kappa shape index (κ2) is 14.9. The van der Waals surface area contributed by atoms with Crippen molar-refractivity contribution in [3.8, 4) is 0 Å². The minimum absolute atomic E-state index is 0.0682. The van der Waals surface area contributed by atoms with Gasteiger partial charge in [0, 0.05) is 23.7 Å². The van der Waals surface area contributed by atoms with Crippen LogP contribution in [0.5, 0.6) is 0 Å². The third kappa shape index (κ3) is 7.32. The number of hydrogen-bond acceptors (Lipinski definition) is 4. The first-order chi connectivity index (χ1) is 20.6. The predicted molar refractivity (Wildman–Crippen MR) is 176 cm³/mol. The molecule has 0 spiro atoms. The van der Waals surface area contributed by atoms with Gasteiger partial charge in [-0.15, -0.1) is 0 Å². The van der Waals surface area contributed by atoms with E-state index in [0.717, 1.165) is 68.1 Å². The molecule has 0 radical (unpaired) electrons. The van der Waals surface area contributed by atoms with E-state index in [1.165, 1.54) is 57.8 Å². The highest BCUT2D eigenvalue weighted by atomic mass is 16.7. The number of rotatable bonds is 16. The minimum Gasteiger partial charge on any atom is -0.433 e. The summed E-state index contributed by atoms with van der Waals surface area (Å²) in [5, 5.41) is 11.8. The highest BCUT2D eigenvalue weighted by Gasteiger charge is 2.66. The van der Waals surface area contributed by atoms with Crippen molar-refractivity contribution in [2.75, 3.05) is 0 Å². The maximum absolute atomic E-state index is 12.9. The number of hydrogen-bond donors (Lipinski definition) is 1. The molecule has 4 nitrogen and oxygen atoms in total. The Bertz CT molecular complexity index is 1100. The summed E-state index contributed by atoms with van der Waals surface area (Å²) in [5.41, 5.74) is 2.67. The van der Waals surface area contributed by atoms with Gasteiger partial charge < -0.3 is 9.84 Å². The SMILES string of the molecule is C=C1C[C@@H]2[C@@H](CC[C@@]3(C)[C@H]2CCC3(O)OC(=O)CCCCCCC/C=C\CCCCCCCC)[C@@]2(C)C(C)=CC(=O)C=C12. The van der Waals surface area contributed by atoms with Gasteiger partial charge in [0.25, 0.3) is 0 Å². The van der Waals surface area contributed by atoms with Crippen LogP contribution in [0.2, 0.25) is 0 Å². The van der Waals surface area contributed by atoms with Crippen molar-refractivity contribution in [2.45, 2.75) is 155 Å². The van der Waals surface area contributed by atoms with Crippen molar-refractivity contribution < 1.29 is 19.4 Å². The maximum Gasteiger partial charge on any atom is 0.308 e. The summed E-state index contributed by atoms with van der Waals surface area (Å²) in [6, 6.07) is 0. The molecule has 4 aliphatic rings. The molecule has 0 saturated heterocycles. The number of carbonyl (C=O) groups is 2. The summed E-state index contributed by atoms with van der Waals surface area (Å²) in [6.07, 6.45) is 28.6. The standard InChI is InChI=1S/C39H60O4/c1-6-7-8-9-10-11-12-13-14-15-16-17-18-19-20-21-36(41)43-39(42)25-23-33-32-26-29(2)35-28-31(40)27-30(3)38(35,5)34(32)22-24-37(33,39)4/h13-14,27-28,32-34,42H,2,6-12,15-26H2,1,3-5H3/b14-13-/t32-,33-,34+,37-,38+,39?/m0/s1. The van der Waals surface area contributed by atoms with Crippen LogP contribution < -0.4 is 0 Å². The second-order valence-corrected chi connectivity index (χ2v) is 14.8. The van der Waals surface area contributed by atoms with Crippen LogP contribution >= 0.6 is 0 Å². The average molecular weight is 593 g/mol. The molecule has 0 aromatic rings. The molecule has 43 heavy (non-hydrogen) atoms. The van der Waals surface area contributed by atoms with Crippen molar-refractivity contribution in [1.29, 1.82) is 0 Å². The molecular weight excluding hydrogens is 532 g/mol. The number of carbonyl (C=O) groups excluding carboxylic acids is 2. The molecular formula is C39H60O4. The normalized spacial score (nSPS) is 33.6. The quantitative estimate of drug-likeness (QED) is 0.0838. The van der Waals surface area contributed by atoms with Gasteiger partial charge in [0.15, 0.2) is 5.78 Å². The molecule has 240 valence electrons. The first-order valence-electron chi connectivity index (χ1n) is 17.8. The second-order valence-electron chi connectivity index (χ2n) is 14.8. The molecule has 0 amide bonds. The third-order valence-corrected chi connectivity index (χ3v) is 12.1. The van der Waals surface area contributed by atoms with E-state index < -0.39 is 11.2 Å². The topological polar surface area (TPSA) is 63.6 Å². The van der Waals surface area contributed by atoms with Crippen LogP contribution in [0.25, 0.3) is 0 Å². The molecule has 4 aliphatic carbocycles. The monoisotopic (exact) mass is 592 g/mol. The van der Waals surface area contributed by atoms with Gasteiger partial charge in [-0.2, -0.15) is 0 Å². The Morgan fingerprint density at radius 1 is 0.930 bits per heavy atom. The van der Waals surface area contributed by atoms with Crippen LogP contribution in [0.4, 0.5) is 0 Å². The number of ketones is 1. The Labute approximate surface area is 262 Å². The number of allylic oxidation sites excluding steroid dienone is 7. The van der Waals surface area contributed by atoms with E-state index in [-0.39, 0.29) is 23.1 Å². The van der Waals surface area contributed by atoms with Crippen molar-refractivity contribution >= 4 is 11.8 Å². The summed E-state index contributed by atoms with van der Waals surface area (Å²) in [6.45, 7) is 13.2. The van der Waals surface area contributed by atoms with Crippen LogP contribution in [-0.2, 0) is 14.3 Å². The fourth-order valence-electron chi connectivity index (χ4n) is 9.28. The fourth-order valence-corrected chi connectivity index (χ4v) is 9.28. The van der Waals surface area contributed by atoms with Gasteiger partial charge in [0.2, 0.25) is 5.79 Å². The lowest BCUT2D eigenvalue weighted by Crippen LogP contribution is -2.56. The average Bonchev–Trinajstić information content (AvgIpc) is 3.22. The molecule has 0 bridgehead atoms. The molecule has 6 atom stereocenters. The van der Waals surface area contributed by atoms with Crippen LogP contribution in [0, 0.1) is 28.6 Å². The number of ether oxygens (including phenoxy) is 1. The Morgan fingerprint density at radius 3 is 2.21 bits per heavy atom. The van der Waals surface area contributed by atoms with E-state index in [0.29, 0.717) is 24.7 Å². The largest absolute Gasteiger partial charge is 0.433 e. The van der Waals surface area contributed by atoms with Crippen molar-refractivity contribution in [1.82, 2.24) is 0 Å². The van der Waals surface area contributed by atoms with Crippen LogP contribution in [0.15, 0.2) is 47.6 Å². The lowest BCUT2D eigenvalue weighted by atomic mass is 9.46. The minimum atomic E-state index is -1.40. The van der Waals surface area contributed by atoms with E-state index in [9.17, 15) is 14.7 Å². The number of unbranched alkanes of at least 4 members (excludes halogenated alkanes) is 11. The molecule has 4 heteroatoms. The van der Waals surface area contributed by atoms with Crippen LogP contribution in [0.3, 0.4) is 0 Å². The van der Waals surface area contributed by atoms with E-state index >= 15 is 0 Å². The molecule has 3 fully saturated rings. The highest BCUT2D eigenvalue weighted by molar-refractivity contribution is 6.02. The molecule has 0 aromatic heterocycles. The lowest BCUT2D eigenvalue weighted by molar-refractivity contribution is -0.263. The van der Waals surface area contributed by atoms with Gasteiger partial charge >= 0.3 is 5.97 Å². The van der Waals surface area contributed by atoms with Crippen LogP contribution in [0.1, 0.15) is 150 Å². The Morgan fingerprint density at radius 2 is 1.53 bits per heavy atom. The summed E-state index contributed by atoms with van der Waals surface area (Å²) < 4.78 is 5.98. The smallest absolute Gasteiger partial charge is 0.308 e. The van der Waals surface area contributed by atoms with Gasteiger partial charge in [-0.25, -0.2) is 0 Å². The van der Waals surface area contributed by atoms with Gasteiger partial charge in [-0.05, 0) is 100 Å². The lowest BCUT2D eigenvalue weighted by Gasteiger charge is -2.59. The number of esters is 1. The first kappa shape index (κ1) is 33.9. The summed E-state index contributed by atoms with van der Waals surface area (Å²) >= 11 is 0. The molecule has 4 rings (SSSR count). The van der Waals surface area contributed by atoms with Crippen molar-refractivity contribution in [3.63, 3.8) is 0 Å². The Balaban J connectivity index is 1.18. The van der Waals surface area contributed by atoms with Crippen molar-refractivity contribution in [2.24, 2.45) is 28.6 Å². The zero-order valence-corrected chi connectivity index (χ0v) is 27.9. The molecule has 0 aromatic carbocycles. The molecule has 0 aliphatic heterocycles. The van der Waals surface area contributed by atoms with E-state index in [4.69, 9.17) is 4.74 Å². The molecule has 1 N–H and O–H groups in total. The Kier molecular flexibility index (Phi) is 11.8. The molecule has 3 saturated carbocycles. The van der Waals surface area contributed by atoms with Gasteiger partial charge in [-0.1, -0.05) is 102 Å². The van der Waals surface area contributed by atoms with E-state index in [2.05, 4.69) is 46.4 Å². The summed E-state index contributed by atoms with van der Waals surface area (Å²) in [5.74, 6) is -0.543. The maximum atomic E-state index is 12.9. The summed E-state index contributed by atoms with van der Waals surface area (Å²) in [7, 11) is 0. The van der Waals surface area contributed by atoms with Gasteiger partial charge in [0.1, 0.15) is 0 Å². The van der Waals surface area contributed by atoms with Gasteiger partial charge in [0.05, 0.1) is 0 Å². The van der Waals surface area contributed by atoms with Gasteiger partial charge in [-0.3, -0.25) is 9.59 Å². The Hall–Kier alpha value is -1.94. The zero-order valence-electron chi connectivity index (χ0n) is 27.9. The molecule has 1 unspecified atom stereocenters. The van der Waals surface area contributed by atoms with Crippen molar-refractivity contribution in [3.05, 3.63) is 47.6 Å². The number of aliphatic hydroxyl groups is 1. The fraction of sp³-hybridized carbons (Fsp3) is 0.744. The first-order valence-corrected chi connectivity index (χ1v) is 17.8. The highest BCUT2D eigenvalue weighted by Crippen LogP contribution is 2.68.